The summed E-state index contributed by atoms with van der Waals surface area (Å²) in [7, 11) is 0. The van der Waals surface area contributed by atoms with E-state index in [2.05, 4.69) is 10.3 Å². The van der Waals surface area contributed by atoms with E-state index in [0.29, 0.717) is 24.9 Å². The van der Waals surface area contributed by atoms with E-state index in [0.717, 1.165) is 29.6 Å². The fourth-order valence-corrected chi connectivity index (χ4v) is 4.02. The number of piperidine rings is 1. The van der Waals surface area contributed by atoms with Crippen molar-refractivity contribution in [3.63, 3.8) is 0 Å². The van der Waals surface area contributed by atoms with Gasteiger partial charge in [0.15, 0.2) is 11.4 Å². The summed E-state index contributed by atoms with van der Waals surface area (Å²) in [4.78, 5) is 18.8. The van der Waals surface area contributed by atoms with E-state index in [1.165, 1.54) is 11.3 Å². The van der Waals surface area contributed by atoms with E-state index in [1.807, 2.05) is 29.2 Å². The molecule has 1 aromatic carbocycles. The molecule has 1 aromatic heterocycles. The predicted molar refractivity (Wildman–Crippen MR) is 88.6 cm³/mol. The zero-order chi connectivity index (χ0) is 15.6. The molecule has 2 fully saturated rings. The molecule has 4 rings (SSSR count). The summed E-state index contributed by atoms with van der Waals surface area (Å²) in [6.45, 7) is 2.74. The van der Waals surface area contributed by atoms with Crippen LogP contribution >= 0.6 is 11.3 Å². The van der Waals surface area contributed by atoms with Crippen LogP contribution in [0.2, 0.25) is 0 Å². The van der Waals surface area contributed by atoms with Crippen molar-refractivity contribution in [2.75, 3.05) is 31.6 Å². The van der Waals surface area contributed by atoms with Crippen LogP contribution in [0.4, 0.5) is 9.93 Å². The third-order valence-corrected chi connectivity index (χ3v) is 5.24. The number of fused-ring (bicyclic) bond motifs is 1. The Kier molecular flexibility index (Phi) is 4.15. The Morgan fingerprint density at radius 2 is 2.13 bits per heavy atom. The lowest BCUT2D eigenvalue weighted by molar-refractivity contribution is -0.0959. The minimum atomic E-state index is -0.159. The summed E-state index contributed by atoms with van der Waals surface area (Å²) < 4.78 is 12.3. The average molecular weight is 333 g/mol. The Morgan fingerprint density at radius 1 is 1.30 bits per heavy atom. The van der Waals surface area contributed by atoms with E-state index < -0.39 is 0 Å². The van der Waals surface area contributed by atoms with E-state index in [1.54, 1.807) is 0 Å². The van der Waals surface area contributed by atoms with Crippen LogP contribution < -0.4 is 5.32 Å². The van der Waals surface area contributed by atoms with Gasteiger partial charge in [0.05, 0.1) is 23.4 Å². The summed E-state index contributed by atoms with van der Waals surface area (Å²) in [5.41, 5.74) is 0.914. The zero-order valence-electron chi connectivity index (χ0n) is 12.7. The molecule has 1 N–H and O–H groups in total. The first-order chi connectivity index (χ1) is 11.3. The molecule has 0 bridgehead atoms. The number of ether oxygens (including phenoxy) is 2. The van der Waals surface area contributed by atoms with E-state index in [4.69, 9.17) is 9.47 Å². The molecule has 1 unspecified atom stereocenters. The number of rotatable bonds is 2. The van der Waals surface area contributed by atoms with Gasteiger partial charge in [0.1, 0.15) is 0 Å². The summed E-state index contributed by atoms with van der Waals surface area (Å²) in [5.74, 6) is 0.257. The van der Waals surface area contributed by atoms with Crippen LogP contribution in [0.5, 0.6) is 0 Å². The molecule has 0 saturated carbocycles. The maximum atomic E-state index is 12.5. The van der Waals surface area contributed by atoms with Crippen LogP contribution in [-0.2, 0) is 9.47 Å². The molecule has 0 radical (unpaired) electrons. The summed E-state index contributed by atoms with van der Waals surface area (Å²) >= 11 is 1.50. The van der Waals surface area contributed by atoms with Crippen molar-refractivity contribution in [3.05, 3.63) is 24.3 Å². The van der Waals surface area contributed by atoms with Crippen LogP contribution in [0, 0.1) is 5.92 Å². The van der Waals surface area contributed by atoms with E-state index in [9.17, 15) is 4.79 Å². The molecule has 2 aromatic rings. The maximum absolute atomic E-state index is 12.5. The predicted octanol–water partition coefficient (Wildman–Crippen LogP) is 2.91. The van der Waals surface area contributed by atoms with Crippen molar-refractivity contribution in [2.45, 2.75) is 19.1 Å². The number of nitrogens with zero attached hydrogens (tertiary/aromatic N) is 2. The van der Waals surface area contributed by atoms with Gasteiger partial charge in [-0.05, 0) is 25.0 Å². The molecule has 122 valence electrons. The normalized spacial score (nSPS) is 22.6. The number of thiazole rings is 1. The lowest BCUT2D eigenvalue weighted by atomic mass is 9.98. The number of hydrogen-bond donors (Lipinski definition) is 1. The van der Waals surface area contributed by atoms with Crippen LogP contribution in [0.15, 0.2) is 24.3 Å². The highest BCUT2D eigenvalue weighted by molar-refractivity contribution is 7.22. The van der Waals surface area contributed by atoms with Gasteiger partial charge in [-0.1, -0.05) is 23.5 Å². The first kappa shape index (κ1) is 14.9. The van der Waals surface area contributed by atoms with Gasteiger partial charge in [-0.3, -0.25) is 5.32 Å². The lowest BCUT2D eigenvalue weighted by Gasteiger charge is -2.34. The second-order valence-corrected chi connectivity index (χ2v) is 6.91. The molecule has 7 heteroatoms. The number of aromatic nitrogens is 1. The maximum Gasteiger partial charge on any atom is 0.323 e. The molecule has 23 heavy (non-hydrogen) atoms. The van der Waals surface area contributed by atoms with Crippen molar-refractivity contribution in [3.8, 4) is 0 Å². The monoisotopic (exact) mass is 333 g/mol. The third kappa shape index (κ3) is 3.17. The SMILES string of the molecule is O=C(Nc1nc2ccccc2s1)N1CCCC(C2OCCO2)C1. The van der Waals surface area contributed by atoms with Gasteiger partial charge in [0.25, 0.3) is 0 Å². The largest absolute Gasteiger partial charge is 0.350 e. The fourth-order valence-electron chi connectivity index (χ4n) is 3.16. The van der Waals surface area contributed by atoms with Crippen molar-refractivity contribution >= 4 is 32.7 Å². The standard InChI is InChI=1S/C16H19N3O3S/c20-16(18-15-17-12-5-1-2-6-13(12)23-15)19-7-3-4-11(10-19)14-21-8-9-22-14/h1-2,5-6,11,14H,3-4,7-10H2,(H,17,18,20). The van der Waals surface area contributed by atoms with Crippen molar-refractivity contribution in [1.82, 2.24) is 9.88 Å². The number of amides is 2. The molecule has 6 nitrogen and oxygen atoms in total. The molecular formula is C16H19N3O3S. The van der Waals surface area contributed by atoms with Crippen LogP contribution in [0.1, 0.15) is 12.8 Å². The van der Waals surface area contributed by atoms with Crippen LogP contribution in [0.25, 0.3) is 10.2 Å². The molecule has 2 saturated heterocycles. The topological polar surface area (TPSA) is 63.7 Å². The minimum absolute atomic E-state index is 0.0910. The Hall–Kier alpha value is -1.70. The molecule has 2 amide bonds. The Labute approximate surface area is 138 Å². The molecule has 2 aliphatic rings. The summed E-state index contributed by atoms with van der Waals surface area (Å²) in [5, 5.41) is 3.57. The van der Waals surface area contributed by atoms with Gasteiger partial charge >= 0.3 is 6.03 Å². The number of benzene rings is 1. The molecule has 2 aliphatic heterocycles. The number of urea groups is 1. The van der Waals surface area contributed by atoms with Crippen LogP contribution in [-0.4, -0.2) is 48.5 Å². The number of para-hydroxylation sites is 1. The quantitative estimate of drug-likeness (QED) is 0.918. The Morgan fingerprint density at radius 3 is 2.96 bits per heavy atom. The number of hydrogen-bond acceptors (Lipinski definition) is 5. The summed E-state index contributed by atoms with van der Waals surface area (Å²) in [6, 6.07) is 7.79. The van der Waals surface area contributed by atoms with Crippen molar-refractivity contribution in [2.24, 2.45) is 5.92 Å². The molecular weight excluding hydrogens is 314 g/mol. The van der Waals surface area contributed by atoms with Gasteiger partial charge in [-0.2, -0.15) is 0 Å². The second kappa shape index (κ2) is 6.43. The number of carbonyl (C=O) groups is 1. The molecule has 0 spiro atoms. The third-order valence-electron chi connectivity index (χ3n) is 4.29. The lowest BCUT2D eigenvalue weighted by Crippen LogP contribution is -2.45. The molecule has 3 heterocycles. The highest BCUT2D eigenvalue weighted by atomic mass is 32.1. The first-order valence-electron chi connectivity index (χ1n) is 7.94. The minimum Gasteiger partial charge on any atom is -0.350 e. The number of likely N-dealkylation sites (tertiary alicyclic amines) is 1. The number of nitrogens with one attached hydrogen (secondary N) is 1. The smallest absolute Gasteiger partial charge is 0.323 e. The zero-order valence-corrected chi connectivity index (χ0v) is 13.6. The number of carbonyl (C=O) groups excluding carboxylic acids is 1. The van der Waals surface area contributed by atoms with Gasteiger partial charge in [0, 0.05) is 19.0 Å². The first-order valence-corrected chi connectivity index (χ1v) is 8.76. The Balaban J connectivity index is 1.41. The van der Waals surface area contributed by atoms with Crippen molar-refractivity contribution in [1.29, 1.82) is 0 Å². The fraction of sp³-hybridized carbons (Fsp3) is 0.500. The molecule has 0 aliphatic carbocycles. The van der Waals surface area contributed by atoms with Gasteiger partial charge < -0.3 is 14.4 Å². The van der Waals surface area contributed by atoms with Gasteiger partial charge in [-0.25, -0.2) is 9.78 Å². The highest BCUT2D eigenvalue weighted by Gasteiger charge is 2.32. The van der Waals surface area contributed by atoms with Crippen LogP contribution in [0.3, 0.4) is 0 Å². The van der Waals surface area contributed by atoms with Gasteiger partial charge in [0.2, 0.25) is 0 Å². The average Bonchev–Trinajstić information content (AvgIpc) is 3.24. The van der Waals surface area contributed by atoms with E-state index >= 15 is 0 Å². The number of anilines is 1. The second-order valence-electron chi connectivity index (χ2n) is 5.88. The van der Waals surface area contributed by atoms with E-state index in [-0.39, 0.29) is 18.2 Å². The van der Waals surface area contributed by atoms with Gasteiger partial charge in [-0.15, -0.1) is 0 Å². The Bertz CT molecular complexity index is 666. The highest BCUT2D eigenvalue weighted by Crippen LogP contribution is 2.28. The van der Waals surface area contributed by atoms with Crippen molar-refractivity contribution < 1.29 is 14.3 Å². The summed E-state index contributed by atoms with van der Waals surface area (Å²) in [6.07, 6.45) is 1.85. The molecule has 1 atom stereocenters.